The molecule has 1 saturated carbocycles. The maximum atomic E-state index is 14.1. The minimum absolute atomic E-state index is 0.0816. The number of halogens is 5. The van der Waals surface area contributed by atoms with Crippen molar-refractivity contribution in [3.8, 4) is 23.7 Å². The molecule has 1 aliphatic heterocycles. The predicted octanol–water partition coefficient (Wildman–Crippen LogP) is 3.70. The maximum absolute atomic E-state index is 14.1. The summed E-state index contributed by atoms with van der Waals surface area (Å²) in [6.07, 6.45) is -5.11. The molecule has 1 aromatic carbocycles. The van der Waals surface area contributed by atoms with Gasteiger partial charge in [0, 0.05) is 5.92 Å². The Bertz CT molecular complexity index is 836. The SMILES string of the molecule is O=C1Nc2ccc(F)c(F)c2[C@](C#CC#CC2CC2)(C(F)(F)F)O1. The van der Waals surface area contributed by atoms with Crippen LogP contribution >= 0.6 is 0 Å². The zero-order valence-corrected chi connectivity index (χ0v) is 11.9. The van der Waals surface area contributed by atoms with E-state index in [1.54, 1.807) is 5.92 Å². The summed E-state index contributed by atoms with van der Waals surface area (Å²) in [6.45, 7) is 0. The first-order chi connectivity index (χ1) is 11.2. The van der Waals surface area contributed by atoms with Crippen LogP contribution in [0.15, 0.2) is 12.1 Å². The molecule has 1 amide bonds. The second-order valence-electron chi connectivity index (χ2n) is 5.27. The lowest BCUT2D eigenvalue weighted by molar-refractivity contribution is -0.240. The largest absolute Gasteiger partial charge is 0.445 e. The van der Waals surface area contributed by atoms with Crippen LogP contribution in [0.4, 0.5) is 32.4 Å². The van der Waals surface area contributed by atoms with Crippen LogP contribution in [-0.2, 0) is 10.3 Å². The van der Waals surface area contributed by atoms with E-state index in [-0.39, 0.29) is 5.92 Å². The number of fused-ring (bicyclic) bond motifs is 1. The van der Waals surface area contributed by atoms with Crippen molar-refractivity contribution in [2.75, 3.05) is 5.32 Å². The lowest BCUT2D eigenvalue weighted by Gasteiger charge is -2.35. The van der Waals surface area contributed by atoms with Crippen LogP contribution in [-0.4, -0.2) is 12.3 Å². The van der Waals surface area contributed by atoms with E-state index in [1.807, 2.05) is 11.2 Å². The highest BCUT2D eigenvalue weighted by Crippen LogP contribution is 2.48. The molecule has 8 heteroatoms. The number of alkyl halides is 3. The molecule has 1 atom stereocenters. The van der Waals surface area contributed by atoms with Crippen molar-refractivity contribution in [1.29, 1.82) is 0 Å². The molecule has 0 saturated heterocycles. The Kier molecular flexibility index (Phi) is 3.64. The number of anilines is 1. The quantitative estimate of drug-likeness (QED) is 0.577. The third-order valence-corrected chi connectivity index (χ3v) is 3.48. The molecule has 1 aromatic rings. The van der Waals surface area contributed by atoms with Gasteiger partial charge in [0.25, 0.3) is 5.60 Å². The highest BCUT2D eigenvalue weighted by Gasteiger charge is 2.63. The van der Waals surface area contributed by atoms with Crippen LogP contribution in [0.5, 0.6) is 0 Å². The molecule has 1 fully saturated rings. The molecule has 3 rings (SSSR count). The summed E-state index contributed by atoms with van der Waals surface area (Å²) in [5, 5.41) is 1.90. The first-order valence-corrected chi connectivity index (χ1v) is 6.82. The number of nitrogens with one attached hydrogen (secondary N) is 1. The number of carbonyl (C=O) groups is 1. The Balaban J connectivity index is 2.21. The number of cyclic esters (lactones) is 1. The third-order valence-electron chi connectivity index (χ3n) is 3.48. The van der Waals surface area contributed by atoms with E-state index in [0.29, 0.717) is 6.07 Å². The molecule has 1 N–H and O–H groups in total. The van der Waals surface area contributed by atoms with Gasteiger partial charge in [-0.15, -0.1) is 0 Å². The van der Waals surface area contributed by atoms with Crippen LogP contribution in [0.25, 0.3) is 0 Å². The lowest BCUT2D eigenvalue weighted by atomic mass is 9.89. The van der Waals surface area contributed by atoms with Gasteiger partial charge in [0.05, 0.1) is 11.3 Å². The highest BCUT2D eigenvalue weighted by atomic mass is 19.4. The zero-order chi connectivity index (χ0) is 17.5. The average Bonchev–Trinajstić information content (AvgIpc) is 3.30. The van der Waals surface area contributed by atoms with Crippen LogP contribution in [0, 0.1) is 41.2 Å². The molecule has 1 aliphatic carbocycles. The molecule has 0 radical (unpaired) electrons. The topological polar surface area (TPSA) is 38.3 Å². The van der Waals surface area contributed by atoms with Gasteiger partial charge in [-0.25, -0.2) is 13.6 Å². The zero-order valence-electron chi connectivity index (χ0n) is 11.9. The van der Waals surface area contributed by atoms with Crippen molar-refractivity contribution in [3.05, 3.63) is 29.3 Å². The lowest BCUT2D eigenvalue weighted by Crippen LogP contribution is -2.50. The minimum atomic E-state index is -5.30. The van der Waals surface area contributed by atoms with Crippen LogP contribution in [0.1, 0.15) is 18.4 Å². The molecule has 0 unspecified atom stereocenters. The minimum Gasteiger partial charge on any atom is -0.415 e. The summed E-state index contributed by atoms with van der Waals surface area (Å²) < 4.78 is 72.7. The summed E-state index contributed by atoms with van der Waals surface area (Å²) in [5.41, 5.74) is -5.42. The van der Waals surface area contributed by atoms with E-state index in [0.717, 1.165) is 18.9 Å². The van der Waals surface area contributed by atoms with E-state index in [1.165, 1.54) is 0 Å². The summed E-state index contributed by atoms with van der Waals surface area (Å²) >= 11 is 0. The van der Waals surface area contributed by atoms with Gasteiger partial charge in [-0.05, 0) is 42.7 Å². The van der Waals surface area contributed by atoms with Crippen molar-refractivity contribution >= 4 is 11.8 Å². The molecule has 0 spiro atoms. The Labute approximate surface area is 133 Å². The Morgan fingerprint density at radius 2 is 1.92 bits per heavy atom. The monoisotopic (exact) mass is 341 g/mol. The number of rotatable bonds is 0. The Morgan fingerprint density at radius 3 is 2.54 bits per heavy atom. The smallest absolute Gasteiger partial charge is 0.415 e. The van der Waals surface area contributed by atoms with Crippen LogP contribution in [0.3, 0.4) is 0 Å². The molecular weight excluding hydrogens is 333 g/mol. The highest BCUT2D eigenvalue weighted by molar-refractivity contribution is 5.89. The normalized spacial score (nSPS) is 22.1. The fraction of sp³-hybridized carbons (Fsp3) is 0.312. The number of ether oxygens (including phenoxy) is 1. The van der Waals surface area contributed by atoms with E-state index in [4.69, 9.17) is 0 Å². The van der Waals surface area contributed by atoms with Crippen molar-refractivity contribution < 1.29 is 31.5 Å². The Morgan fingerprint density at radius 1 is 1.21 bits per heavy atom. The summed E-state index contributed by atoms with van der Waals surface area (Å²) in [6, 6.07) is 1.41. The van der Waals surface area contributed by atoms with E-state index >= 15 is 0 Å². The molecule has 3 nitrogen and oxygen atoms in total. The number of carbonyl (C=O) groups excluding carboxylic acids is 1. The van der Waals surface area contributed by atoms with Gasteiger partial charge in [0.15, 0.2) is 11.6 Å². The van der Waals surface area contributed by atoms with Gasteiger partial charge >= 0.3 is 12.3 Å². The van der Waals surface area contributed by atoms with Crippen molar-refractivity contribution in [3.63, 3.8) is 0 Å². The number of hydrogen-bond acceptors (Lipinski definition) is 2. The Hall–Kier alpha value is -2.74. The van der Waals surface area contributed by atoms with Crippen molar-refractivity contribution in [2.45, 2.75) is 24.6 Å². The van der Waals surface area contributed by atoms with Gasteiger partial charge in [-0.3, -0.25) is 5.32 Å². The molecule has 0 aromatic heterocycles. The second-order valence-corrected chi connectivity index (χ2v) is 5.27. The summed E-state index contributed by atoms with van der Waals surface area (Å²) in [5.74, 6) is 5.24. The van der Waals surface area contributed by atoms with Gasteiger partial charge in [0.1, 0.15) is 0 Å². The third kappa shape index (κ3) is 2.65. The molecular formula is C16H8F5NO2. The van der Waals surface area contributed by atoms with Crippen molar-refractivity contribution in [2.24, 2.45) is 5.92 Å². The standard InChI is InChI=1S/C16H8F5NO2/c17-10-6-7-11-12(13(10)18)15(16(19,20)21,24-14(23)22-11)8-2-1-3-9-4-5-9/h6-7,9H,4-5H2,(H,22,23)/t15-/m1/s1. The molecule has 0 bridgehead atoms. The fourth-order valence-electron chi connectivity index (χ4n) is 2.17. The second kappa shape index (κ2) is 5.41. The summed E-state index contributed by atoms with van der Waals surface area (Å²) in [4.78, 5) is 11.5. The first-order valence-electron chi connectivity index (χ1n) is 6.82. The van der Waals surface area contributed by atoms with E-state index in [2.05, 4.69) is 16.6 Å². The predicted molar refractivity (Wildman–Crippen MR) is 72.5 cm³/mol. The molecule has 2 aliphatic rings. The molecule has 1 heterocycles. The van der Waals surface area contributed by atoms with Gasteiger partial charge < -0.3 is 4.74 Å². The van der Waals surface area contributed by atoms with E-state index in [9.17, 15) is 26.7 Å². The van der Waals surface area contributed by atoms with Gasteiger partial charge in [-0.2, -0.15) is 13.2 Å². The van der Waals surface area contributed by atoms with Crippen LogP contribution < -0.4 is 5.32 Å². The number of amides is 1. The van der Waals surface area contributed by atoms with E-state index < -0.39 is 40.8 Å². The van der Waals surface area contributed by atoms with Crippen molar-refractivity contribution in [1.82, 2.24) is 0 Å². The summed E-state index contributed by atoms with van der Waals surface area (Å²) in [7, 11) is 0. The van der Waals surface area contributed by atoms with Gasteiger partial charge in [0.2, 0.25) is 0 Å². The maximum Gasteiger partial charge on any atom is 0.445 e. The molecule has 124 valence electrons. The van der Waals surface area contributed by atoms with Gasteiger partial charge in [-0.1, -0.05) is 5.92 Å². The average molecular weight is 341 g/mol. The first kappa shape index (κ1) is 16.1. The number of benzene rings is 1. The number of hydrogen-bond donors (Lipinski definition) is 1. The fourth-order valence-corrected chi connectivity index (χ4v) is 2.17. The van der Waals surface area contributed by atoms with Crippen LogP contribution in [0.2, 0.25) is 0 Å². The molecule has 24 heavy (non-hydrogen) atoms.